The molecule has 1 heterocycles. The first-order valence-corrected chi connectivity index (χ1v) is 9.10. The fourth-order valence-electron chi connectivity index (χ4n) is 1.38. The van der Waals surface area contributed by atoms with E-state index in [1.165, 1.54) is 17.4 Å². The Bertz CT molecular complexity index is 707. The molecule has 1 N–H and O–H groups in total. The second kappa shape index (κ2) is 5.51. The smallest absolute Gasteiger partial charge is 0.255 e. The number of rotatable bonds is 3. The van der Waals surface area contributed by atoms with E-state index in [-0.39, 0.29) is 4.90 Å². The van der Waals surface area contributed by atoms with Crippen LogP contribution in [-0.4, -0.2) is 13.4 Å². The van der Waals surface area contributed by atoms with Gasteiger partial charge in [-0.25, -0.2) is 13.4 Å². The van der Waals surface area contributed by atoms with Crippen molar-refractivity contribution < 1.29 is 8.42 Å². The van der Waals surface area contributed by atoms with Crippen molar-refractivity contribution in [2.75, 3.05) is 4.72 Å². The monoisotopic (exact) mass is 424 g/mol. The molecule has 0 bridgehead atoms. The summed E-state index contributed by atoms with van der Waals surface area (Å²) in [6.45, 7) is 3.75. The maximum Gasteiger partial charge on any atom is 0.264 e. The van der Waals surface area contributed by atoms with Crippen LogP contribution in [0.3, 0.4) is 0 Å². The Balaban J connectivity index is 2.37. The Morgan fingerprint density at radius 3 is 2.47 bits per heavy atom. The Hall–Kier alpha value is -0.440. The van der Waals surface area contributed by atoms with Crippen LogP contribution in [-0.2, 0) is 10.0 Å². The largest absolute Gasteiger partial charge is 0.264 e. The highest BCUT2D eigenvalue weighted by Gasteiger charge is 2.19. The number of aryl methyl sites for hydroxylation is 2. The van der Waals surface area contributed by atoms with Crippen molar-refractivity contribution in [2.45, 2.75) is 18.7 Å². The van der Waals surface area contributed by atoms with E-state index in [4.69, 9.17) is 0 Å². The molecule has 8 heteroatoms. The Labute approximate surface area is 132 Å². The highest BCUT2D eigenvalue weighted by atomic mass is 79.9. The third-order valence-corrected chi connectivity index (χ3v) is 6.36. The van der Waals surface area contributed by atoms with Crippen LogP contribution in [0.25, 0.3) is 0 Å². The number of aromatic nitrogens is 1. The first kappa shape index (κ1) is 15.0. The van der Waals surface area contributed by atoms with Gasteiger partial charge < -0.3 is 0 Å². The lowest BCUT2D eigenvalue weighted by molar-refractivity contribution is 0.600. The summed E-state index contributed by atoms with van der Waals surface area (Å²) in [4.78, 5) is 5.35. The van der Waals surface area contributed by atoms with E-state index in [2.05, 4.69) is 41.6 Å². The Morgan fingerprint density at radius 1 is 1.26 bits per heavy atom. The summed E-state index contributed by atoms with van der Waals surface area (Å²) in [5.41, 5.74) is 0.831. The van der Waals surface area contributed by atoms with Gasteiger partial charge in [0.15, 0.2) is 5.13 Å². The molecule has 0 amide bonds. The van der Waals surface area contributed by atoms with Crippen LogP contribution in [0.1, 0.15) is 10.6 Å². The van der Waals surface area contributed by atoms with E-state index in [0.29, 0.717) is 9.60 Å². The molecule has 19 heavy (non-hydrogen) atoms. The fraction of sp³-hybridized carbons (Fsp3) is 0.182. The molecule has 0 atom stereocenters. The molecule has 0 unspecified atom stereocenters. The van der Waals surface area contributed by atoms with Crippen molar-refractivity contribution in [1.29, 1.82) is 0 Å². The first-order valence-electron chi connectivity index (χ1n) is 5.21. The van der Waals surface area contributed by atoms with Gasteiger partial charge in [-0.2, -0.15) is 0 Å². The summed E-state index contributed by atoms with van der Waals surface area (Å²) in [6, 6.07) is 4.90. The summed E-state index contributed by atoms with van der Waals surface area (Å²) in [7, 11) is -3.63. The summed E-state index contributed by atoms with van der Waals surface area (Å²) >= 11 is 7.86. The van der Waals surface area contributed by atoms with Crippen molar-refractivity contribution in [3.63, 3.8) is 0 Å². The van der Waals surface area contributed by atoms with E-state index in [9.17, 15) is 8.42 Å². The minimum atomic E-state index is -3.63. The molecule has 1 aromatic carbocycles. The molecule has 4 nitrogen and oxygen atoms in total. The van der Waals surface area contributed by atoms with Crippen molar-refractivity contribution in [3.8, 4) is 0 Å². The van der Waals surface area contributed by atoms with Crippen LogP contribution in [0.2, 0.25) is 0 Å². The Morgan fingerprint density at radius 2 is 1.95 bits per heavy atom. The summed E-state index contributed by atoms with van der Waals surface area (Å²) in [6.07, 6.45) is 0. The number of nitrogens with zero attached hydrogens (tertiary/aromatic N) is 1. The second-order valence-corrected chi connectivity index (χ2v) is 8.46. The number of benzene rings is 1. The van der Waals surface area contributed by atoms with E-state index in [0.717, 1.165) is 15.0 Å². The normalized spacial score (nSPS) is 11.6. The number of anilines is 1. The average molecular weight is 426 g/mol. The SMILES string of the molecule is Cc1nc(NS(=O)(=O)c2ccc(Br)cc2Br)sc1C. The average Bonchev–Trinajstić information content (AvgIpc) is 2.56. The van der Waals surface area contributed by atoms with Crippen LogP contribution < -0.4 is 4.72 Å². The van der Waals surface area contributed by atoms with Gasteiger partial charge in [0.05, 0.1) is 5.69 Å². The minimum Gasteiger partial charge on any atom is -0.255 e. The summed E-state index contributed by atoms with van der Waals surface area (Å²) < 4.78 is 28.3. The zero-order valence-corrected chi connectivity index (χ0v) is 14.9. The van der Waals surface area contributed by atoms with Crippen LogP contribution in [0, 0.1) is 13.8 Å². The number of hydrogen-bond acceptors (Lipinski definition) is 4. The number of halogens is 2. The molecule has 0 radical (unpaired) electrons. The molecule has 0 aliphatic heterocycles. The maximum atomic E-state index is 12.3. The van der Waals surface area contributed by atoms with Crippen molar-refractivity contribution in [1.82, 2.24) is 4.98 Å². The lowest BCUT2D eigenvalue weighted by Gasteiger charge is -2.07. The van der Waals surface area contributed by atoms with Gasteiger partial charge >= 0.3 is 0 Å². The quantitative estimate of drug-likeness (QED) is 0.805. The zero-order valence-electron chi connectivity index (χ0n) is 10.1. The van der Waals surface area contributed by atoms with E-state index < -0.39 is 10.0 Å². The maximum absolute atomic E-state index is 12.3. The third-order valence-electron chi connectivity index (χ3n) is 2.43. The van der Waals surface area contributed by atoms with Crippen LogP contribution in [0.5, 0.6) is 0 Å². The van der Waals surface area contributed by atoms with Crippen molar-refractivity contribution >= 4 is 58.4 Å². The van der Waals surface area contributed by atoms with Crippen molar-refractivity contribution in [3.05, 3.63) is 37.7 Å². The van der Waals surface area contributed by atoms with Gasteiger partial charge in [0, 0.05) is 13.8 Å². The predicted molar refractivity (Wildman–Crippen MR) is 84.2 cm³/mol. The van der Waals surface area contributed by atoms with E-state index in [1.807, 2.05) is 13.8 Å². The second-order valence-electron chi connectivity index (χ2n) is 3.84. The highest BCUT2D eigenvalue weighted by molar-refractivity contribution is 9.11. The molecule has 0 saturated carbocycles. The number of sulfonamides is 1. The molecule has 0 saturated heterocycles. The molecule has 0 aliphatic rings. The molecule has 2 aromatic rings. The minimum absolute atomic E-state index is 0.182. The topological polar surface area (TPSA) is 59.1 Å². The third kappa shape index (κ3) is 3.36. The van der Waals surface area contributed by atoms with E-state index in [1.54, 1.807) is 12.1 Å². The molecule has 0 spiro atoms. The lowest BCUT2D eigenvalue weighted by Crippen LogP contribution is -2.13. The molecule has 0 fully saturated rings. The molecule has 102 valence electrons. The summed E-state index contributed by atoms with van der Waals surface area (Å²) in [5.74, 6) is 0. The van der Waals surface area contributed by atoms with Crippen LogP contribution in [0.15, 0.2) is 32.0 Å². The highest BCUT2D eigenvalue weighted by Crippen LogP contribution is 2.29. The standard InChI is InChI=1S/C11H10Br2N2O2S2/c1-6-7(2)18-11(14-6)15-19(16,17)10-4-3-8(12)5-9(10)13/h3-5H,1-2H3,(H,14,15). The number of hydrogen-bond donors (Lipinski definition) is 1. The van der Waals surface area contributed by atoms with Gasteiger partial charge in [-0.1, -0.05) is 15.9 Å². The molecule has 2 rings (SSSR count). The summed E-state index contributed by atoms with van der Waals surface area (Å²) in [5, 5.41) is 0.379. The van der Waals surface area contributed by atoms with Gasteiger partial charge in [0.25, 0.3) is 10.0 Å². The fourth-order valence-corrected chi connectivity index (χ4v) is 5.18. The van der Waals surface area contributed by atoms with Gasteiger partial charge in [-0.3, -0.25) is 4.72 Å². The zero-order chi connectivity index (χ0) is 14.2. The molecular weight excluding hydrogens is 416 g/mol. The predicted octanol–water partition coefficient (Wildman–Crippen LogP) is 4.09. The van der Waals surface area contributed by atoms with Gasteiger partial charge in [0.1, 0.15) is 4.90 Å². The van der Waals surface area contributed by atoms with Gasteiger partial charge in [-0.05, 0) is 48.0 Å². The van der Waals surface area contributed by atoms with E-state index >= 15 is 0 Å². The van der Waals surface area contributed by atoms with Gasteiger partial charge in [-0.15, -0.1) is 11.3 Å². The number of thiazole rings is 1. The molecule has 0 aliphatic carbocycles. The lowest BCUT2D eigenvalue weighted by atomic mass is 10.4. The molecular formula is C11H10Br2N2O2S2. The van der Waals surface area contributed by atoms with Crippen molar-refractivity contribution in [2.24, 2.45) is 0 Å². The van der Waals surface area contributed by atoms with Gasteiger partial charge in [0.2, 0.25) is 0 Å². The van der Waals surface area contributed by atoms with Crippen LogP contribution >= 0.6 is 43.2 Å². The Kier molecular flexibility index (Phi) is 4.34. The van der Waals surface area contributed by atoms with Crippen LogP contribution in [0.4, 0.5) is 5.13 Å². The number of nitrogens with one attached hydrogen (secondary N) is 1. The molecule has 1 aromatic heterocycles. The first-order chi connectivity index (χ1) is 8.79.